The molecule has 0 bridgehead atoms. The van der Waals surface area contributed by atoms with Gasteiger partial charge in [0.2, 0.25) is 0 Å². The van der Waals surface area contributed by atoms with E-state index < -0.39 is 27.6 Å². The third kappa shape index (κ3) is 3.69. The third-order valence-electron chi connectivity index (χ3n) is 4.57. The van der Waals surface area contributed by atoms with Gasteiger partial charge in [0.05, 0.1) is 22.6 Å². The van der Waals surface area contributed by atoms with E-state index in [0.29, 0.717) is 5.82 Å². The Labute approximate surface area is 159 Å². The maximum atomic E-state index is 13.2. The summed E-state index contributed by atoms with van der Waals surface area (Å²) in [4.78, 5) is 0. The molecule has 4 N–H and O–H groups in total. The van der Waals surface area contributed by atoms with Crippen molar-refractivity contribution in [2.45, 2.75) is 25.1 Å². The Morgan fingerprint density at radius 3 is 2.50 bits per heavy atom. The highest BCUT2D eigenvalue weighted by Gasteiger charge is 2.39. The summed E-state index contributed by atoms with van der Waals surface area (Å²) in [5, 5.41) is 14.6. The van der Waals surface area contributed by atoms with Crippen LogP contribution in [-0.4, -0.2) is 37.7 Å². The molecule has 1 unspecified atom stereocenters. The maximum absolute atomic E-state index is 13.2. The SMILES string of the molecule is O=S1(=O)Nc2c(-c3ccc(NC4CCCNC4)nn3)ccc(C(F)(F)F)c2N1. The predicted octanol–water partition coefficient (Wildman–Crippen LogP) is 2.41. The average Bonchev–Trinajstić information content (AvgIpc) is 2.96. The van der Waals surface area contributed by atoms with Gasteiger partial charge in [-0.3, -0.25) is 9.44 Å². The lowest BCUT2D eigenvalue weighted by Gasteiger charge is -2.24. The fourth-order valence-electron chi connectivity index (χ4n) is 3.30. The van der Waals surface area contributed by atoms with Gasteiger partial charge in [-0.25, -0.2) is 0 Å². The zero-order valence-corrected chi connectivity index (χ0v) is 15.3. The summed E-state index contributed by atoms with van der Waals surface area (Å²) in [5.74, 6) is 0.541. The highest BCUT2D eigenvalue weighted by Crippen LogP contribution is 2.46. The van der Waals surface area contributed by atoms with Crippen LogP contribution in [0, 0.1) is 0 Å². The first-order chi connectivity index (χ1) is 13.2. The summed E-state index contributed by atoms with van der Waals surface area (Å²) in [6, 6.07) is 5.48. The van der Waals surface area contributed by atoms with E-state index in [1.54, 1.807) is 12.1 Å². The summed E-state index contributed by atoms with van der Waals surface area (Å²) in [6.07, 6.45) is -2.66. The predicted molar refractivity (Wildman–Crippen MR) is 98.1 cm³/mol. The number of aromatic nitrogens is 2. The Bertz CT molecular complexity index is 989. The van der Waals surface area contributed by atoms with Crippen molar-refractivity contribution in [2.75, 3.05) is 27.9 Å². The van der Waals surface area contributed by atoms with E-state index in [9.17, 15) is 21.6 Å². The second-order valence-corrected chi connectivity index (χ2v) is 8.02. The summed E-state index contributed by atoms with van der Waals surface area (Å²) >= 11 is 0. The average molecular weight is 414 g/mol. The van der Waals surface area contributed by atoms with Crippen molar-refractivity contribution in [1.29, 1.82) is 0 Å². The van der Waals surface area contributed by atoms with Crippen molar-refractivity contribution in [1.82, 2.24) is 15.5 Å². The highest BCUT2D eigenvalue weighted by molar-refractivity contribution is 7.94. The molecule has 0 amide bonds. The van der Waals surface area contributed by atoms with Gasteiger partial charge in [-0.05, 0) is 43.7 Å². The van der Waals surface area contributed by atoms with E-state index in [0.717, 1.165) is 32.0 Å². The van der Waals surface area contributed by atoms with E-state index >= 15 is 0 Å². The van der Waals surface area contributed by atoms with E-state index in [1.807, 2.05) is 4.72 Å². The van der Waals surface area contributed by atoms with Crippen molar-refractivity contribution < 1.29 is 21.6 Å². The zero-order chi connectivity index (χ0) is 19.9. The molecule has 12 heteroatoms. The quantitative estimate of drug-likeness (QED) is 0.614. The van der Waals surface area contributed by atoms with E-state index in [2.05, 4.69) is 25.6 Å². The molecule has 1 saturated heterocycles. The minimum atomic E-state index is -4.70. The molecule has 1 aromatic heterocycles. The van der Waals surface area contributed by atoms with Crippen molar-refractivity contribution in [3.63, 3.8) is 0 Å². The lowest BCUT2D eigenvalue weighted by Crippen LogP contribution is -2.38. The fraction of sp³-hybridized carbons (Fsp3) is 0.375. The molecule has 0 radical (unpaired) electrons. The number of hydrogen-bond donors (Lipinski definition) is 4. The van der Waals surface area contributed by atoms with Crippen molar-refractivity contribution >= 4 is 27.4 Å². The number of fused-ring (bicyclic) bond motifs is 1. The van der Waals surface area contributed by atoms with Gasteiger partial charge in [0.1, 0.15) is 5.82 Å². The number of hydrogen-bond acceptors (Lipinski definition) is 6. The van der Waals surface area contributed by atoms with Gasteiger partial charge >= 0.3 is 16.4 Å². The van der Waals surface area contributed by atoms with E-state index in [4.69, 9.17) is 0 Å². The Kier molecular flexibility index (Phi) is 4.54. The third-order valence-corrected chi connectivity index (χ3v) is 5.52. The monoisotopic (exact) mass is 414 g/mol. The molecule has 0 aliphatic carbocycles. The summed E-state index contributed by atoms with van der Waals surface area (Å²) in [6.45, 7) is 1.79. The van der Waals surface area contributed by atoms with Crippen LogP contribution in [-0.2, 0) is 16.4 Å². The van der Waals surface area contributed by atoms with Crippen molar-refractivity contribution in [3.8, 4) is 11.3 Å². The molecule has 8 nitrogen and oxygen atoms in total. The van der Waals surface area contributed by atoms with Crippen LogP contribution < -0.4 is 20.1 Å². The standard InChI is InChI=1S/C16H17F3N6O2S/c17-16(18,19)11-4-3-10(14-15(11)25-28(26,27)24-14)12-5-6-13(23-22-12)21-9-2-1-7-20-8-9/h3-6,9,20,24-25H,1-2,7-8H2,(H,21,23). The van der Waals surface area contributed by atoms with Crippen LogP contribution >= 0.6 is 0 Å². The summed E-state index contributed by atoms with van der Waals surface area (Å²) < 4.78 is 67.2. The van der Waals surface area contributed by atoms with Crippen LogP contribution in [0.25, 0.3) is 11.3 Å². The second-order valence-electron chi connectivity index (χ2n) is 6.61. The van der Waals surface area contributed by atoms with E-state index in [1.165, 1.54) is 6.07 Å². The number of nitrogens with one attached hydrogen (secondary N) is 4. The molecular weight excluding hydrogens is 397 g/mol. The largest absolute Gasteiger partial charge is 0.418 e. The van der Waals surface area contributed by atoms with Crippen LogP contribution in [0.3, 0.4) is 0 Å². The van der Waals surface area contributed by atoms with Crippen molar-refractivity contribution in [3.05, 3.63) is 29.8 Å². The van der Waals surface area contributed by atoms with Gasteiger partial charge in [-0.2, -0.15) is 21.6 Å². The Morgan fingerprint density at radius 2 is 1.86 bits per heavy atom. The minimum Gasteiger partial charge on any atom is -0.365 e. The molecule has 2 aromatic rings. The molecule has 3 heterocycles. The first-order valence-corrected chi connectivity index (χ1v) is 10.1. The first kappa shape index (κ1) is 18.7. The van der Waals surface area contributed by atoms with Gasteiger partial charge in [0.15, 0.2) is 0 Å². The van der Waals surface area contributed by atoms with Gasteiger partial charge in [-0.15, -0.1) is 10.2 Å². The number of nitrogens with zero attached hydrogens (tertiary/aromatic N) is 2. The molecule has 0 saturated carbocycles. The Balaban J connectivity index is 1.65. The normalized spacial score (nSPS) is 20.8. The highest BCUT2D eigenvalue weighted by atomic mass is 32.2. The molecule has 2 aliphatic heterocycles. The van der Waals surface area contributed by atoms with Crippen LogP contribution in [0.4, 0.5) is 30.4 Å². The second kappa shape index (κ2) is 6.78. The smallest absolute Gasteiger partial charge is 0.365 e. The molecule has 0 spiro atoms. The summed E-state index contributed by atoms with van der Waals surface area (Å²) in [7, 11) is -4.11. The summed E-state index contributed by atoms with van der Waals surface area (Å²) in [5.41, 5.74) is -1.35. The van der Waals surface area contributed by atoms with Gasteiger partial charge in [0, 0.05) is 18.2 Å². The number of piperidine rings is 1. The van der Waals surface area contributed by atoms with Gasteiger partial charge in [0.25, 0.3) is 0 Å². The number of anilines is 3. The Morgan fingerprint density at radius 1 is 1.07 bits per heavy atom. The van der Waals surface area contributed by atoms with Gasteiger partial charge < -0.3 is 10.6 Å². The van der Waals surface area contributed by atoms with Crippen LogP contribution in [0.1, 0.15) is 18.4 Å². The molecule has 28 heavy (non-hydrogen) atoms. The molecular formula is C16H17F3N6O2S. The van der Waals surface area contributed by atoms with Gasteiger partial charge in [-0.1, -0.05) is 0 Å². The van der Waals surface area contributed by atoms with Crippen LogP contribution in [0.5, 0.6) is 0 Å². The number of benzene rings is 1. The number of alkyl halides is 3. The molecule has 4 rings (SSSR count). The molecule has 1 aromatic carbocycles. The molecule has 1 fully saturated rings. The number of rotatable bonds is 3. The van der Waals surface area contributed by atoms with E-state index in [-0.39, 0.29) is 23.0 Å². The maximum Gasteiger partial charge on any atom is 0.418 e. The molecule has 1 atom stereocenters. The fourth-order valence-corrected chi connectivity index (χ4v) is 4.31. The lowest BCUT2D eigenvalue weighted by atomic mass is 10.0. The van der Waals surface area contributed by atoms with Crippen LogP contribution in [0.2, 0.25) is 0 Å². The minimum absolute atomic E-state index is 0.193. The zero-order valence-electron chi connectivity index (χ0n) is 14.5. The Hall–Kier alpha value is -2.60. The van der Waals surface area contributed by atoms with Crippen molar-refractivity contribution in [2.24, 2.45) is 0 Å². The first-order valence-electron chi connectivity index (χ1n) is 8.59. The molecule has 150 valence electrons. The number of halogens is 3. The van der Waals surface area contributed by atoms with Crippen LogP contribution in [0.15, 0.2) is 24.3 Å². The topological polar surface area (TPSA) is 108 Å². The lowest BCUT2D eigenvalue weighted by molar-refractivity contribution is -0.136. The molecule has 2 aliphatic rings.